The van der Waals surface area contributed by atoms with Crippen molar-refractivity contribution < 1.29 is 18.0 Å². The normalized spacial score (nSPS) is 18.7. The highest BCUT2D eigenvalue weighted by Crippen LogP contribution is 2.20. The van der Waals surface area contributed by atoms with Crippen LogP contribution in [-0.4, -0.2) is 55.8 Å². The van der Waals surface area contributed by atoms with Crippen LogP contribution in [0.15, 0.2) is 24.3 Å². The van der Waals surface area contributed by atoms with E-state index >= 15 is 0 Å². The van der Waals surface area contributed by atoms with Crippen molar-refractivity contribution in [3.63, 3.8) is 0 Å². The Labute approximate surface area is 149 Å². The second kappa shape index (κ2) is 8.47. The van der Waals surface area contributed by atoms with E-state index in [1.165, 1.54) is 0 Å². The fourth-order valence-electron chi connectivity index (χ4n) is 3.03. The Hall–Kier alpha value is -1.89. The van der Waals surface area contributed by atoms with Gasteiger partial charge in [0.05, 0.1) is 11.5 Å². The third-order valence-corrected chi connectivity index (χ3v) is 6.19. The number of rotatable bonds is 7. The van der Waals surface area contributed by atoms with Gasteiger partial charge in [-0.3, -0.25) is 9.59 Å². The van der Waals surface area contributed by atoms with Gasteiger partial charge >= 0.3 is 0 Å². The van der Waals surface area contributed by atoms with E-state index in [-0.39, 0.29) is 29.4 Å². The molecule has 0 saturated carbocycles. The van der Waals surface area contributed by atoms with Gasteiger partial charge in [-0.2, -0.15) is 0 Å². The Morgan fingerprint density at radius 1 is 1.24 bits per heavy atom. The van der Waals surface area contributed by atoms with E-state index in [9.17, 15) is 18.0 Å². The largest absolute Gasteiger partial charge is 0.352 e. The molecule has 1 aliphatic heterocycles. The molecule has 2 rings (SSSR count). The minimum Gasteiger partial charge on any atom is -0.352 e. The van der Waals surface area contributed by atoms with Crippen LogP contribution >= 0.6 is 0 Å². The van der Waals surface area contributed by atoms with Gasteiger partial charge in [0.15, 0.2) is 9.84 Å². The molecule has 2 amide bonds. The standard InChI is InChI=1S/C18H26N2O4S/c1-3-5-10-19-17(21)14-7-6-8-15(12-14)18(22)20(4-2)16-9-11-25(23,24)13-16/h6-8,12,16H,3-5,9-11,13H2,1-2H3,(H,19,21). The van der Waals surface area contributed by atoms with Crippen LogP contribution in [0.5, 0.6) is 0 Å². The Kier molecular flexibility index (Phi) is 6.58. The zero-order valence-corrected chi connectivity index (χ0v) is 15.6. The maximum atomic E-state index is 12.8. The van der Waals surface area contributed by atoms with Crippen LogP contribution in [0.25, 0.3) is 0 Å². The molecular weight excluding hydrogens is 340 g/mol. The maximum absolute atomic E-state index is 12.8. The summed E-state index contributed by atoms with van der Waals surface area (Å²) in [5, 5.41) is 2.83. The molecule has 0 aromatic heterocycles. The fraction of sp³-hybridized carbons (Fsp3) is 0.556. The maximum Gasteiger partial charge on any atom is 0.254 e. The first-order valence-electron chi connectivity index (χ1n) is 8.77. The molecule has 1 fully saturated rings. The first kappa shape index (κ1) is 19.4. The van der Waals surface area contributed by atoms with E-state index in [4.69, 9.17) is 0 Å². The van der Waals surface area contributed by atoms with Crippen molar-refractivity contribution in [3.8, 4) is 0 Å². The van der Waals surface area contributed by atoms with Crippen LogP contribution in [0.3, 0.4) is 0 Å². The zero-order valence-electron chi connectivity index (χ0n) is 14.8. The van der Waals surface area contributed by atoms with Gasteiger partial charge < -0.3 is 10.2 Å². The van der Waals surface area contributed by atoms with Gasteiger partial charge in [0.25, 0.3) is 11.8 Å². The van der Waals surface area contributed by atoms with Crippen LogP contribution in [0.1, 0.15) is 53.8 Å². The molecule has 7 heteroatoms. The molecule has 1 saturated heterocycles. The first-order chi connectivity index (χ1) is 11.9. The molecule has 0 bridgehead atoms. The molecule has 1 aromatic rings. The summed E-state index contributed by atoms with van der Waals surface area (Å²) < 4.78 is 23.4. The number of hydrogen-bond acceptors (Lipinski definition) is 4. The van der Waals surface area contributed by atoms with E-state index < -0.39 is 9.84 Å². The quantitative estimate of drug-likeness (QED) is 0.747. The lowest BCUT2D eigenvalue weighted by molar-refractivity contribution is 0.0708. The van der Waals surface area contributed by atoms with Gasteiger partial charge in [-0.15, -0.1) is 0 Å². The van der Waals surface area contributed by atoms with Gasteiger partial charge in [0.2, 0.25) is 0 Å². The highest BCUT2D eigenvalue weighted by atomic mass is 32.2. The van der Waals surface area contributed by atoms with Gasteiger partial charge in [0, 0.05) is 30.3 Å². The second-order valence-corrected chi connectivity index (χ2v) is 8.57. The Bertz CT molecular complexity index is 730. The third-order valence-electron chi connectivity index (χ3n) is 4.44. The predicted molar refractivity (Wildman–Crippen MR) is 97.5 cm³/mol. The van der Waals surface area contributed by atoms with Crippen LogP contribution in [0.4, 0.5) is 0 Å². The van der Waals surface area contributed by atoms with Crippen LogP contribution in [0.2, 0.25) is 0 Å². The highest BCUT2D eigenvalue weighted by molar-refractivity contribution is 7.91. The van der Waals surface area contributed by atoms with Crippen molar-refractivity contribution >= 4 is 21.7 Å². The molecule has 6 nitrogen and oxygen atoms in total. The number of nitrogens with zero attached hydrogens (tertiary/aromatic N) is 1. The third kappa shape index (κ3) is 5.04. The van der Waals surface area contributed by atoms with Gasteiger partial charge in [0.1, 0.15) is 0 Å². The van der Waals surface area contributed by atoms with Crippen LogP contribution in [0, 0.1) is 0 Å². The van der Waals surface area contributed by atoms with E-state index in [0.29, 0.717) is 30.6 Å². The summed E-state index contributed by atoms with van der Waals surface area (Å²) in [6.07, 6.45) is 2.37. The molecule has 1 aromatic carbocycles. The Morgan fingerprint density at radius 3 is 2.56 bits per heavy atom. The summed E-state index contributed by atoms with van der Waals surface area (Å²) in [4.78, 5) is 26.6. The molecule has 0 spiro atoms. The topological polar surface area (TPSA) is 83.6 Å². The van der Waals surface area contributed by atoms with Crippen LogP contribution < -0.4 is 5.32 Å². The van der Waals surface area contributed by atoms with Crippen molar-refractivity contribution in [1.29, 1.82) is 0 Å². The Morgan fingerprint density at radius 2 is 1.96 bits per heavy atom. The molecule has 1 aliphatic rings. The predicted octanol–water partition coefficient (Wildman–Crippen LogP) is 1.87. The lowest BCUT2D eigenvalue weighted by atomic mass is 10.1. The van der Waals surface area contributed by atoms with Crippen LogP contribution in [-0.2, 0) is 9.84 Å². The number of hydrogen-bond donors (Lipinski definition) is 1. The van der Waals surface area contributed by atoms with Crippen molar-refractivity contribution in [2.75, 3.05) is 24.6 Å². The molecule has 0 radical (unpaired) electrons. The van der Waals surface area contributed by atoms with Gasteiger partial charge in [-0.05, 0) is 38.0 Å². The zero-order chi connectivity index (χ0) is 18.4. The highest BCUT2D eigenvalue weighted by Gasteiger charge is 2.34. The summed E-state index contributed by atoms with van der Waals surface area (Å²) in [7, 11) is -3.06. The van der Waals surface area contributed by atoms with Gasteiger partial charge in [-0.25, -0.2) is 8.42 Å². The summed E-state index contributed by atoms with van der Waals surface area (Å²) in [6.45, 7) is 4.93. The molecular formula is C18H26N2O4S. The molecule has 1 atom stereocenters. The number of carbonyl (C=O) groups excluding carboxylic acids is 2. The summed E-state index contributed by atoms with van der Waals surface area (Å²) >= 11 is 0. The first-order valence-corrected chi connectivity index (χ1v) is 10.6. The summed E-state index contributed by atoms with van der Waals surface area (Å²) in [5.74, 6) is -0.284. The average Bonchev–Trinajstić information content (AvgIpc) is 2.95. The van der Waals surface area contributed by atoms with E-state index in [0.717, 1.165) is 12.8 Å². The van der Waals surface area contributed by atoms with E-state index in [1.54, 1.807) is 29.2 Å². The van der Waals surface area contributed by atoms with E-state index in [1.807, 2.05) is 13.8 Å². The lowest BCUT2D eigenvalue weighted by Gasteiger charge is -2.27. The fourth-order valence-corrected chi connectivity index (χ4v) is 4.76. The number of amides is 2. The van der Waals surface area contributed by atoms with Crippen molar-refractivity contribution in [2.24, 2.45) is 0 Å². The summed E-state index contributed by atoms with van der Waals surface area (Å²) in [6, 6.07) is 6.31. The molecule has 25 heavy (non-hydrogen) atoms. The molecule has 1 N–H and O–H groups in total. The molecule has 1 unspecified atom stereocenters. The number of nitrogens with one attached hydrogen (secondary N) is 1. The lowest BCUT2D eigenvalue weighted by Crippen LogP contribution is -2.41. The number of carbonyl (C=O) groups is 2. The smallest absolute Gasteiger partial charge is 0.254 e. The van der Waals surface area contributed by atoms with Crippen molar-refractivity contribution in [1.82, 2.24) is 10.2 Å². The van der Waals surface area contributed by atoms with Crippen molar-refractivity contribution in [2.45, 2.75) is 39.2 Å². The van der Waals surface area contributed by atoms with E-state index in [2.05, 4.69) is 5.32 Å². The summed E-state index contributed by atoms with van der Waals surface area (Å²) in [5.41, 5.74) is 0.853. The molecule has 0 aliphatic carbocycles. The SMILES string of the molecule is CCCCNC(=O)c1cccc(C(=O)N(CC)C2CCS(=O)(=O)C2)c1. The second-order valence-electron chi connectivity index (χ2n) is 6.34. The minimum absolute atomic E-state index is 0.0176. The monoisotopic (exact) mass is 366 g/mol. The molecule has 138 valence electrons. The molecule has 1 heterocycles. The number of sulfone groups is 1. The average molecular weight is 366 g/mol. The van der Waals surface area contributed by atoms with Crippen molar-refractivity contribution in [3.05, 3.63) is 35.4 Å². The number of benzene rings is 1. The Balaban J connectivity index is 2.13. The minimum atomic E-state index is -3.06. The number of unbranched alkanes of at least 4 members (excludes halogenated alkanes) is 1. The van der Waals surface area contributed by atoms with Gasteiger partial charge in [-0.1, -0.05) is 19.4 Å².